The van der Waals surface area contributed by atoms with E-state index >= 15 is 0 Å². The van der Waals surface area contributed by atoms with Gasteiger partial charge in [-0.3, -0.25) is 4.72 Å². The normalized spacial score (nSPS) is 11.1. The van der Waals surface area contributed by atoms with Gasteiger partial charge in [0.25, 0.3) is 10.0 Å². The molecule has 1 aromatic heterocycles. The number of hydrogen-bond donors (Lipinski definition) is 2. The van der Waals surface area contributed by atoms with Crippen molar-refractivity contribution in [1.29, 1.82) is 0 Å². The Balaban J connectivity index is 1.70. The fraction of sp³-hybridized carbons (Fsp3) is 0.0556. The SMILES string of the molecule is O=C(OCc1ccccc1)c1ccc(NS(=O)(=O)c2cccs2)cc1O. The van der Waals surface area contributed by atoms with Crippen molar-refractivity contribution >= 4 is 33.0 Å². The second kappa shape index (κ2) is 7.59. The van der Waals surface area contributed by atoms with Crippen LogP contribution in [0, 0.1) is 0 Å². The zero-order valence-electron chi connectivity index (χ0n) is 13.5. The molecule has 0 amide bonds. The van der Waals surface area contributed by atoms with Gasteiger partial charge >= 0.3 is 5.97 Å². The summed E-state index contributed by atoms with van der Waals surface area (Å²) in [4.78, 5) is 12.1. The lowest BCUT2D eigenvalue weighted by Gasteiger charge is -2.10. The summed E-state index contributed by atoms with van der Waals surface area (Å²) in [6.45, 7) is 0.0753. The fourth-order valence-electron chi connectivity index (χ4n) is 2.19. The van der Waals surface area contributed by atoms with Gasteiger partial charge in [-0.2, -0.15) is 0 Å². The average Bonchev–Trinajstić information content (AvgIpc) is 3.16. The number of ether oxygens (including phenoxy) is 1. The smallest absolute Gasteiger partial charge is 0.342 e. The first-order chi connectivity index (χ1) is 12.5. The van der Waals surface area contributed by atoms with Crippen LogP contribution in [0.1, 0.15) is 15.9 Å². The topological polar surface area (TPSA) is 92.7 Å². The number of aromatic hydroxyl groups is 1. The van der Waals surface area contributed by atoms with E-state index in [1.807, 2.05) is 30.3 Å². The lowest BCUT2D eigenvalue weighted by atomic mass is 10.2. The Bertz CT molecular complexity index is 999. The molecule has 0 radical (unpaired) electrons. The number of carbonyl (C=O) groups excluding carboxylic acids is 1. The summed E-state index contributed by atoms with van der Waals surface area (Å²) in [6, 6.07) is 16.1. The Morgan fingerprint density at radius 1 is 1.08 bits per heavy atom. The highest BCUT2D eigenvalue weighted by atomic mass is 32.2. The van der Waals surface area contributed by atoms with Crippen molar-refractivity contribution in [3.8, 4) is 5.75 Å². The van der Waals surface area contributed by atoms with Crippen LogP contribution in [0.5, 0.6) is 5.75 Å². The van der Waals surface area contributed by atoms with Gasteiger partial charge in [-0.05, 0) is 29.1 Å². The number of anilines is 1. The molecule has 0 unspecified atom stereocenters. The summed E-state index contributed by atoms with van der Waals surface area (Å²) in [7, 11) is -3.72. The van der Waals surface area contributed by atoms with Crippen molar-refractivity contribution in [2.45, 2.75) is 10.8 Å². The van der Waals surface area contributed by atoms with Crippen LogP contribution in [0.15, 0.2) is 70.3 Å². The van der Waals surface area contributed by atoms with Crippen molar-refractivity contribution in [3.05, 3.63) is 77.2 Å². The number of benzene rings is 2. The fourth-order valence-corrected chi connectivity index (χ4v) is 4.23. The molecule has 26 heavy (non-hydrogen) atoms. The van der Waals surface area contributed by atoms with Gasteiger partial charge in [0.15, 0.2) is 0 Å². The minimum atomic E-state index is -3.72. The van der Waals surface area contributed by atoms with E-state index in [1.54, 1.807) is 11.4 Å². The predicted molar refractivity (Wildman–Crippen MR) is 98.8 cm³/mol. The van der Waals surface area contributed by atoms with Gasteiger partial charge in [-0.1, -0.05) is 36.4 Å². The molecule has 6 nitrogen and oxygen atoms in total. The standard InChI is InChI=1S/C18H15NO5S2/c20-16-11-14(19-26(22,23)17-7-4-10-25-17)8-9-15(16)18(21)24-12-13-5-2-1-3-6-13/h1-11,19-20H,12H2. The number of thiophene rings is 1. The number of rotatable bonds is 6. The first-order valence-electron chi connectivity index (χ1n) is 7.56. The van der Waals surface area contributed by atoms with E-state index < -0.39 is 16.0 Å². The van der Waals surface area contributed by atoms with Crippen LogP contribution in [-0.4, -0.2) is 19.5 Å². The number of sulfonamides is 1. The molecule has 134 valence electrons. The molecule has 0 saturated carbocycles. The molecule has 0 aliphatic heterocycles. The lowest BCUT2D eigenvalue weighted by Crippen LogP contribution is -2.12. The maximum absolute atomic E-state index is 12.2. The molecule has 0 atom stereocenters. The summed E-state index contributed by atoms with van der Waals surface area (Å²) in [6.07, 6.45) is 0. The van der Waals surface area contributed by atoms with Crippen molar-refractivity contribution in [1.82, 2.24) is 0 Å². The molecule has 2 N–H and O–H groups in total. The van der Waals surface area contributed by atoms with Crippen LogP contribution >= 0.6 is 11.3 Å². The molecule has 0 bridgehead atoms. The van der Waals surface area contributed by atoms with Crippen LogP contribution in [0.3, 0.4) is 0 Å². The molecule has 0 aliphatic rings. The second-order valence-corrected chi connectivity index (χ2v) is 8.19. The lowest BCUT2D eigenvalue weighted by molar-refractivity contribution is 0.0469. The summed E-state index contributed by atoms with van der Waals surface area (Å²) in [5, 5.41) is 11.7. The molecule has 0 aliphatic carbocycles. The maximum atomic E-state index is 12.2. The van der Waals surface area contributed by atoms with Gasteiger partial charge in [0.1, 0.15) is 22.1 Å². The van der Waals surface area contributed by atoms with Crippen molar-refractivity contribution in [3.63, 3.8) is 0 Å². The monoisotopic (exact) mass is 389 g/mol. The molecular weight excluding hydrogens is 374 g/mol. The van der Waals surface area contributed by atoms with Crippen molar-refractivity contribution < 1.29 is 23.1 Å². The van der Waals surface area contributed by atoms with Gasteiger partial charge in [0.2, 0.25) is 0 Å². The van der Waals surface area contributed by atoms with Crippen molar-refractivity contribution in [2.75, 3.05) is 4.72 Å². The van der Waals surface area contributed by atoms with Crippen molar-refractivity contribution in [2.24, 2.45) is 0 Å². The molecule has 3 aromatic rings. The first-order valence-corrected chi connectivity index (χ1v) is 9.92. The molecule has 3 rings (SSSR count). The van der Waals surface area contributed by atoms with E-state index in [0.717, 1.165) is 16.9 Å². The quantitative estimate of drug-likeness (QED) is 0.628. The van der Waals surface area contributed by atoms with E-state index in [0.29, 0.717) is 0 Å². The van der Waals surface area contributed by atoms with E-state index in [1.165, 1.54) is 24.3 Å². The Kier molecular flexibility index (Phi) is 5.24. The van der Waals surface area contributed by atoms with Gasteiger partial charge < -0.3 is 9.84 Å². The van der Waals surface area contributed by atoms with Crippen LogP contribution in [0.2, 0.25) is 0 Å². The maximum Gasteiger partial charge on any atom is 0.342 e. The number of phenols is 1. The minimum Gasteiger partial charge on any atom is -0.507 e. The zero-order valence-corrected chi connectivity index (χ0v) is 15.1. The summed E-state index contributed by atoms with van der Waals surface area (Å²) in [5.41, 5.74) is 0.927. The zero-order chi connectivity index (χ0) is 18.6. The van der Waals surface area contributed by atoms with Gasteiger partial charge in [0, 0.05) is 6.07 Å². The highest BCUT2D eigenvalue weighted by Crippen LogP contribution is 2.26. The second-order valence-electron chi connectivity index (χ2n) is 5.33. The van der Waals surface area contributed by atoms with Gasteiger partial charge in [-0.25, -0.2) is 13.2 Å². The van der Waals surface area contributed by atoms with E-state index in [9.17, 15) is 18.3 Å². The van der Waals surface area contributed by atoms with E-state index in [-0.39, 0.29) is 27.8 Å². The third-order valence-corrected chi connectivity index (χ3v) is 6.22. The molecule has 1 heterocycles. The summed E-state index contributed by atoms with van der Waals surface area (Å²) >= 11 is 1.08. The van der Waals surface area contributed by atoms with E-state index in [2.05, 4.69) is 4.72 Å². The van der Waals surface area contributed by atoms with Gasteiger partial charge in [0.05, 0.1) is 5.69 Å². The Morgan fingerprint density at radius 2 is 1.85 bits per heavy atom. The molecule has 0 spiro atoms. The van der Waals surface area contributed by atoms with Crippen LogP contribution in [-0.2, 0) is 21.4 Å². The number of esters is 1. The van der Waals surface area contributed by atoms with Crippen LogP contribution in [0.4, 0.5) is 5.69 Å². The largest absolute Gasteiger partial charge is 0.507 e. The number of nitrogens with one attached hydrogen (secondary N) is 1. The summed E-state index contributed by atoms with van der Waals surface area (Å²) in [5.74, 6) is -1.06. The van der Waals surface area contributed by atoms with Crippen LogP contribution < -0.4 is 4.72 Å². The molecule has 8 heteroatoms. The Labute approximate surface area is 154 Å². The molecular formula is C18H15NO5S2. The number of hydrogen-bond acceptors (Lipinski definition) is 6. The Morgan fingerprint density at radius 3 is 2.50 bits per heavy atom. The first kappa shape index (κ1) is 18.0. The predicted octanol–water partition coefficient (Wildman–Crippen LogP) is 3.61. The minimum absolute atomic E-state index is 0.0417. The molecule has 0 saturated heterocycles. The van der Waals surface area contributed by atoms with Crippen LogP contribution in [0.25, 0.3) is 0 Å². The summed E-state index contributed by atoms with van der Waals surface area (Å²) < 4.78 is 32.0. The average molecular weight is 389 g/mol. The molecule has 0 fully saturated rings. The molecule has 2 aromatic carbocycles. The van der Waals surface area contributed by atoms with E-state index in [4.69, 9.17) is 4.74 Å². The van der Waals surface area contributed by atoms with Gasteiger partial charge in [-0.15, -0.1) is 11.3 Å². The highest BCUT2D eigenvalue weighted by molar-refractivity contribution is 7.94. The number of carbonyl (C=O) groups is 1. The third-order valence-electron chi connectivity index (χ3n) is 3.44. The Hall–Kier alpha value is -2.84. The highest BCUT2D eigenvalue weighted by Gasteiger charge is 2.18. The third kappa shape index (κ3) is 4.22. The number of phenolic OH excluding ortho intramolecular Hbond substituents is 1.